The van der Waals surface area contributed by atoms with Crippen molar-refractivity contribution in [3.63, 3.8) is 0 Å². The Hall–Kier alpha value is -1.03. The van der Waals surface area contributed by atoms with Crippen LogP contribution in [-0.2, 0) is 25.8 Å². The zero-order valence-electron chi connectivity index (χ0n) is 13.7. The van der Waals surface area contributed by atoms with E-state index in [4.69, 9.17) is 0 Å². The molecule has 1 atom stereocenters. The van der Waals surface area contributed by atoms with Crippen LogP contribution in [-0.4, -0.2) is 0 Å². The monoisotopic (exact) mass is 452 g/mol. The molecule has 0 bridgehead atoms. The standard InChI is InChI=1S/C20H25.Re/c1-15-9-10-16(2)13-18(12-11-15)17-7-6-8-19(14-17)20(3,4)5;/h6-15H,1-5H3;/q-1;/b10-9-,12-11-,18-13+;. The van der Waals surface area contributed by atoms with Crippen LogP contribution in [0.2, 0.25) is 0 Å². The number of benzene rings is 1. The topological polar surface area (TPSA) is 0 Å². The average Bonchev–Trinajstić information content (AvgIpc) is 2.38. The molecule has 0 saturated carbocycles. The summed E-state index contributed by atoms with van der Waals surface area (Å²) in [6.45, 7) is 11.2. The van der Waals surface area contributed by atoms with Gasteiger partial charge < -0.3 is 0 Å². The zero-order valence-corrected chi connectivity index (χ0v) is 16.4. The summed E-state index contributed by atoms with van der Waals surface area (Å²) in [4.78, 5) is 0. The molecule has 21 heavy (non-hydrogen) atoms. The third-order valence-corrected chi connectivity index (χ3v) is 3.69. The maximum Gasteiger partial charge on any atom is 0 e. The van der Waals surface area contributed by atoms with Crippen LogP contribution in [0.1, 0.15) is 45.7 Å². The summed E-state index contributed by atoms with van der Waals surface area (Å²) in [5, 5.41) is 0. The van der Waals surface area contributed by atoms with E-state index >= 15 is 0 Å². The molecular weight excluding hydrogens is 426 g/mol. The molecule has 1 aromatic rings. The Morgan fingerprint density at radius 1 is 1.10 bits per heavy atom. The summed E-state index contributed by atoms with van der Waals surface area (Å²) in [5.74, 6) is 1.79. The fraction of sp³-hybridized carbons (Fsp3) is 0.350. The zero-order chi connectivity index (χ0) is 14.8. The van der Waals surface area contributed by atoms with Crippen molar-refractivity contribution in [2.75, 3.05) is 0 Å². The molecule has 0 saturated heterocycles. The van der Waals surface area contributed by atoms with Crippen molar-refractivity contribution in [3.8, 4) is 0 Å². The van der Waals surface area contributed by atoms with E-state index in [0.29, 0.717) is 5.92 Å². The SMILES string of the molecule is C[C-]1/C=C\C(C)/C=C\C(c2cccc(C(C)(C)C)c2)=C/1.[Re]. The van der Waals surface area contributed by atoms with E-state index in [0.717, 1.165) is 0 Å². The van der Waals surface area contributed by atoms with Crippen LogP contribution in [0.3, 0.4) is 0 Å². The van der Waals surface area contributed by atoms with Gasteiger partial charge in [0.25, 0.3) is 0 Å². The summed E-state index contributed by atoms with van der Waals surface area (Å²) >= 11 is 0. The third kappa shape index (κ3) is 5.03. The van der Waals surface area contributed by atoms with Crippen molar-refractivity contribution < 1.29 is 20.4 Å². The molecule has 0 fully saturated rings. The molecule has 0 nitrogen and oxygen atoms in total. The van der Waals surface area contributed by atoms with Crippen LogP contribution in [0.4, 0.5) is 0 Å². The van der Waals surface area contributed by atoms with E-state index in [9.17, 15) is 0 Å². The molecule has 1 aliphatic carbocycles. The van der Waals surface area contributed by atoms with Crippen LogP contribution in [0.25, 0.3) is 5.57 Å². The van der Waals surface area contributed by atoms with Crippen molar-refractivity contribution >= 4 is 5.57 Å². The van der Waals surface area contributed by atoms with Gasteiger partial charge in [-0.25, -0.2) is 0 Å². The number of hydrogen-bond acceptors (Lipinski definition) is 0. The molecule has 0 amide bonds. The van der Waals surface area contributed by atoms with Crippen molar-refractivity contribution in [2.24, 2.45) is 5.92 Å². The van der Waals surface area contributed by atoms with Gasteiger partial charge in [-0.2, -0.15) is 24.1 Å². The minimum Gasteiger partial charge on any atom is -0.173 e. The summed E-state index contributed by atoms with van der Waals surface area (Å²) in [5.41, 5.74) is 4.17. The van der Waals surface area contributed by atoms with Gasteiger partial charge in [-0.3, -0.25) is 0 Å². The van der Waals surface area contributed by atoms with Crippen LogP contribution in [0.5, 0.6) is 0 Å². The summed E-state index contributed by atoms with van der Waals surface area (Å²) in [6.07, 6.45) is 11.2. The Labute approximate surface area is 143 Å². The van der Waals surface area contributed by atoms with Gasteiger partial charge in [0.1, 0.15) is 0 Å². The second-order valence-electron chi connectivity index (χ2n) is 6.75. The number of rotatable bonds is 1. The Bertz CT molecular complexity index is 555. The van der Waals surface area contributed by atoms with Gasteiger partial charge in [0, 0.05) is 20.4 Å². The minimum atomic E-state index is 0. The Kier molecular flexibility index (Phi) is 6.27. The molecule has 0 aliphatic heterocycles. The first kappa shape index (κ1) is 18.0. The van der Waals surface area contributed by atoms with E-state index in [1.165, 1.54) is 22.6 Å². The molecule has 2 rings (SSSR count). The van der Waals surface area contributed by atoms with E-state index in [-0.39, 0.29) is 25.8 Å². The Morgan fingerprint density at radius 2 is 1.81 bits per heavy atom. The third-order valence-electron chi connectivity index (χ3n) is 3.69. The summed E-state index contributed by atoms with van der Waals surface area (Å²) < 4.78 is 0. The molecule has 0 spiro atoms. The maximum absolute atomic E-state index is 2.32. The van der Waals surface area contributed by atoms with E-state index in [1.807, 2.05) is 0 Å². The largest absolute Gasteiger partial charge is 0.173 e. The molecular formula is C20H25Re-. The number of allylic oxidation sites excluding steroid dienone is 6. The van der Waals surface area contributed by atoms with E-state index in [1.54, 1.807) is 0 Å². The summed E-state index contributed by atoms with van der Waals surface area (Å²) in [6, 6.07) is 8.90. The smallest absolute Gasteiger partial charge is 0 e. The molecule has 0 aromatic heterocycles. The fourth-order valence-electron chi connectivity index (χ4n) is 2.31. The molecule has 1 heteroatoms. The molecule has 1 unspecified atom stereocenters. The van der Waals surface area contributed by atoms with Gasteiger partial charge in [0.15, 0.2) is 0 Å². The first-order chi connectivity index (χ1) is 9.36. The first-order valence-corrected chi connectivity index (χ1v) is 7.39. The van der Waals surface area contributed by atoms with Crippen LogP contribution in [0.15, 0.2) is 54.6 Å². The van der Waals surface area contributed by atoms with Gasteiger partial charge in [0.05, 0.1) is 0 Å². The molecule has 1 radical (unpaired) electrons. The predicted octanol–water partition coefficient (Wildman–Crippen LogP) is 5.72. The predicted molar refractivity (Wildman–Crippen MR) is 89.5 cm³/mol. The normalized spacial score (nSPS) is 24.1. The van der Waals surface area contributed by atoms with Crippen molar-refractivity contribution in [3.05, 3.63) is 71.7 Å². The second-order valence-corrected chi connectivity index (χ2v) is 6.75. The van der Waals surface area contributed by atoms with Gasteiger partial charge in [-0.15, -0.1) is 17.7 Å². The van der Waals surface area contributed by atoms with Crippen LogP contribution < -0.4 is 0 Å². The second kappa shape index (κ2) is 7.30. The molecule has 0 heterocycles. The van der Waals surface area contributed by atoms with Gasteiger partial charge in [-0.1, -0.05) is 70.4 Å². The number of hydrogen-bond donors (Lipinski definition) is 0. The molecule has 0 N–H and O–H groups in total. The minimum absolute atomic E-state index is 0. The van der Waals surface area contributed by atoms with Gasteiger partial charge in [-0.05, 0) is 11.0 Å². The van der Waals surface area contributed by atoms with Gasteiger partial charge in [0.2, 0.25) is 0 Å². The first-order valence-electron chi connectivity index (χ1n) is 7.39. The Morgan fingerprint density at radius 3 is 2.48 bits per heavy atom. The van der Waals surface area contributed by atoms with Crippen molar-refractivity contribution in [2.45, 2.75) is 40.0 Å². The quantitative estimate of drug-likeness (QED) is 0.479. The van der Waals surface area contributed by atoms with E-state index in [2.05, 4.69) is 89.3 Å². The molecule has 113 valence electrons. The van der Waals surface area contributed by atoms with Gasteiger partial charge >= 0.3 is 0 Å². The van der Waals surface area contributed by atoms with Crippen molar-refractivity contribution in [1.82, 2.24) is 0 Å². The van der Waals surface area contributed by atoms with E-state index < -0.39 is 0 Å². The molecule has 1 aromatic carbocycles. The maximum atomic E-state index is 2.32. The average molecular weight is 452 g/mol. The van der Waals surface area contributed by atoms with Crippen LogP contribution in [0, 0.1) is 11.8 Å². The van der Waals surface area contributed by atoms with Crippen molar-refractivity contribution in [1.29, 1.82) is 0 Å². The summed E-state index contributed by atoms with van der Waals surface area (Å²) in [7, 11) is 0. The van der Waals surface area contributed by atoms with Crippen LogP contribution >= 0.6 is 0 Å². The Balaban J connectivity index is 0.00000220. The fourth-order valence-corrected chi connectivity index (χ4v) is 2.31. The molecule has 1 aliphatic rings.